The van der Waals surface area contributed by atoms with Crippen molar-refractivity contribution < 1.29 is 9.50 Å². The predicted octanol–water partition coefficient (Wildman–Crippen LogP) is 2.84. The fraction of sp³-hybridized carbons (Fsp3) is 0.176. The second kappa shape index (κ2) is 5.03. The summed E-state index contributed by atoms with van der Waals surface area (Å²) < 4.78 is 13.8. The minimum Gasteiger partial charge on any atom is -0.390 e. The lowest BCUT2D eigenvalue weighted by atomic mass is 10.1. The van der Waals surface area contributed by atoms with Crippen molar-refractivity contribution in [3.63, 3.8) is 0 Å². The van der Waals surface area contributed by atoms with Crippen LogP contribution >= 0.6 is 0 Å². The number of hydrogen-bond acceptors (Lipinski definition) is 4. The molecule has 0 unspecified atom stereocenters. The van der Waals surface area contributed by atoms with Gasteiger partial charge in [0.05, 0.1) is 12.1 Å². The summed E-state index contributed by atoms with van der Waals surface area (Å²) in [5.41, 5.74) is 2.45. The van der Waals surface area contributed by atoms with Gasteiger partial charge in [0.1, 0.15) is 23.5 Å². The molecule has 1 aliphatic carbocycles. The number of nitrogens with one attached hydrogen (secondary N) is 1. The van der Waals surface area contributed by atoms with Gasteiger partial charge in [-0.15, -0.1) is 0 Å². The highest BCUT2D eigenvalue weighted by Gasteiger charge is 2.31. The van der Waals surface area contributed by atoms with E-state index in [1.807, 2.05) is 24.3 Å². The van der Waals surface area contributed by atoms with Crippen LogP contribution in [0.1, 0.15) is 17.2 Å². The summed E-state index contributed by atoms with van der Waals surface area (Å²) in [7, 11) is 0. The van der Waals surface area contributed by atoms with Crippen LogP contribution in [0.3, 0.4) is 0 Å². The number of aromatic nitrogens is 2. The molecule has 0 spiro atoms. The van der Waals surface area contributed by atoms with Crippen LogP contribution in [0.4, 0.5) is 10.2 Å². The molecule has 0 saturated heterocycles. The first-order valence-corrected chi connectivity index (χ1v) is 7.15. The maximum atomic E-state index is 13.8. The van der Waals surface area contributed by atoms with E-state index < -0.39 is 6.10 Å². The maximum absolute atomic E-state index is 13.8. The molecule has 1 aliphatic rings. The molecule has 5 heteroatoms. The first kappa shape index (κ1) is 13.2. The van der Waals surface area contributed by atoms with Crippen LogP contribution in [-0.2, 0) is 6.42 Å². The molecule has 1 aromatic heterocycles. The van der Waals surface area contributed by atoms with Crippen LogP contribution in [0.2, 0.25) is 0 Å². The van der Waals surface area contributed by atoms with E-state index in [0.717, 1.165) is 11.1 Å². The number of nitrogens with zero attached hydrogens (tertiary/aromatic N) is 2. The Hall–Kier alpha value is -2.53. The Kier molecular flexibility index (Phi) is 3.01. The lowest BCUT2D eigenvalue weighted by Gasteiger charge is -2.19. The summed E-state index contributed by atoms with van der Waals surface area (Å²) in [5.74, 6) is 0.153. The van der Waals surface area contributed by atoms with E-state index in [2.05, 4.69) is 15.3 Å². The quantitative estimate of drug-likeness (QED) is 0.763. The molecule has 1 heterocycles. The molecule has 2 atom stereocenters. The highest BCUT2D eigenvalue weighted by molar-refractivity contribution is 5.89. The summed E-state index contributed by atoms with van der Waals surface area (Å²) >= 11 is 0. The smallest absolute Gasteiger partial charge is 0.149 e. The molecule has 2 N–H and O–H groups in total. The van der Waals surface area contributed by atoms with Crippen LogP contribution in [0.5, 0.6) is 0 Å². The van der Waals surface area contributed by atoms with Gasteiger partial charge in [-0.1, -0.05) is 30.3 Å². The average molecular weight is 295 g/mol. The Morgan fingerprint density at radius 1 is 1.09 bits per heavy atom. The van der Waals surface area contributed by atoms with Gasteiger partial charge in [0.2, 0.25) is 0 Å². The first-order chi connectivity index (χ1) is 10.7. The monoisotopic (exact) mass is 295 g/mol. The Morgan fingerprint density at radius 3 is 2.86 bits per heavy atom. The molecule has 0 bridgehead atoms. The average Bonchev–Trinajstić information content (AvgIpc) is 2.84. The van der Waals surface area contributed by atoms with Gasteiger partial charge >= 0.3 is 0 Å². The van der Waals surface area contributed by atoms with Crippen molar-refractivity contribution in [1.29, 1.82) is 0 Å². The summed E-state index contributed by atoms with van der Waals surface area (Å²) in [6.45, 7) is 0. The lowest BCUT2D eigenvalue weighted by molar-refractivity contribution is 0.165. The van der Waals surface area contributed by atoms with Crippen molar-refractivity contribution in [3.8, 4) is 0 Å². The minimum atomic E-state index is -0.532. The molecule has 4 rings (SSSR count). The van der Waals surface area contributed by atoms with E-state index in [1.165, 1.54) is 12.4 Å². The molecule has 110 valence electrons. The third-order valence-electron chi connectivity index (χ3n) is 4.11. The number of aliphatic hydroxyl groups is 1. The normalized spacial score (nSPS) is 20.1. The molecular formula is C17H14FN3O. The molecule has 0 radical (unpaired) electrons. The topological polar surface area (TPSA) is 58.0 Å². The SMILES string of the molecule is O[C@@H]1Cc2ccccc2[C@@H]1Nc1ncnc2c(F)cccc12. The lowest BCUT2D eigenvalue weighted by Crippen LogP contribution is -2.21. The molecule has 0 amide bonds. The van der Waals surface area contributed by atoms with Gasteiger partial charge in [-0.05, 0) is 23.3 Å². The van der Waals surface area contributed by atoms with E-state index in [1.54, 1.807) is 12.1 Å². The second-order valence-electron chi connectivity index (χ2n) is 5.45. The Bertz CT molecular complexity index is 852. The van der Waals surface area contributed by atoms with E-state index in [-0.39, 0.29) is 17.4 Å². The third kappa shape index (κ3) is 2.02. The molecule has 3 aromatic rings. The van der Waals surface area contributed by atoms with E-state index >= 15 is 0 Å². The number of para-hydroxylation sites is 1. The van der Waals surface area contributed by atoms with E-state index in [9.17, 15) is 9.50 Å². The van der Waals surface area contributed by atoms with Gasteiger partial charge in [0.25, 0.3) is 0 Å². The van der Waals surface area contributed by atoms with Gasteiger partial charge in [-0.3, -0.25) is 0 Å². The zero-order chi connectivity index (χ0) is 15.1. The molecule has 22 heavy (non-hydrogen) atoms. The molecule has 0 fully saturated rings. The molecule has 0 saturated carbocycles. The molecule has 4 nitrogen and oxygen atoms in total. The Labute approximate surface area is 126 Å². The Balaban J connectivity index is 1.77. The predicted molar refractivity (Wildman–Crippen MR) is 82.0 cm³/mol. The fourth-order valence-electron chi connectivity index (χ4n) is 3.06. The number of halogens is 1. The van der Waals surface area contributed by atoms with Crippen LogP contribution < -0.4 is 5.32 Å². The number of rotatable bonds is 2. The minimum absolute atomic E-state index is 0.252. The highest BCUT2D eigenvalue weighted by atomic mass is 19.1. The fourth-order valence-corrected chi connectivity index (χ4v) is 3.06. The number of fused-ring (bicyclic) bond motifs is 2. The zero-order valence-electron chi connectivity index (χ0n) is 11.7. The molecule has 0 aliphatic heterocycles. The van der Waals surface area contributed by atoms with Crippen molar-refractivity contribution in [2.75, 3.05) is 5.32 Å². The standard InChI is InChI=1S/C17H14FN3O/c18-13-7-3-6-12-15(13)19-9-20-17(12)21-16-11-5-2-1-4-10(11)8-14(16)22/h1-7,9,14,16,22H,8H2,(H,19,20,21)/t14-,16+/m1/s1. The number of benzene rings is 2. The summed E-state index contributed by atoms with van der Waals surface area (Å²) in [5, 5.41) is 14.2. The van der Waals surface area contributed by atoms with Crippen LogP contribution in [0.15, 0.2) is 48.8 Å². The second-order valence-corrected chi connectivity index (χ2v) is 5.45. The van der Waals surface area contributed by atoms with Gasteiger partial charge in [-0.25, -0.2) is 14.4 Å². The van der Waals surface area contributed by atoms with Gasteiger partial charge in [0, 0.05) is 11.8 Å². The summed E-state index contributed by atoms with van der Waals surface area (Å²) in [4.78, 5) is 8.21. The maximum Gasteiger partial charge on any atom is 0.149 e. The van der Waals surface area contributed by atoms with Crippen molar-refractivity contribution in [2.24, 2.45) is 0 Å². The van der Waals surface area contributed by atoms with Gasteiger partial charge < -0.3 is 10.4 Å². The number of aliphatic hydroxyl groups excluding tert-OH is 1. The van der Waals surface area contributed by atoms with E-state index in [0.29, 0.717) is 17.6 Å². The Morgan fingerprint density at radius 2 is 1.95 bits per heavy atom. The van der Waals surface area contributed by atoms with Gasteiger partial charge in [-0.2, -0.15) is 0 Å². The van der Waals surface area contributed by atoms with Crippen molar-refractivity contribution >= 4 is 16.7 Å². The number of anilines is 1. The zero-order valence-corrected chi connectivity index (χ0v) is 11.7. The van der Waals surface area contributed by atoms with Gasteiger partial charge in [0.15, 0.2) is 0 Å². The van der Waals surface area contributed by atoms with Crippen LogP contribution in [0.25, 0.3) is 10.9 Å². The highest BCUT2D eigenvalue weighted by Crippen LogP contribution is 2.35. The van der Waals surface area contributed by atoms with Crippen molar-refractivity contribution in [2.45, 2.75) is 18.6 Å². The first-order valence-electron chi connectivity index (χ1n) is 7.15. The molecular weight excluding hydrogens is 281 g/mol. The summed E-state index contributed by atoms with van der Waals surface area (Å²) in [6, 6.07) is 12.4. The van der Waals surface area contributed by atoms with Crippen molar-refractivity contribution in [1.82, 2.24) is 9.97 Å². The van der Waals surface area contributed by atoms with Crippen LogP contribution in [-0.4, -0.2) is 21.2 Å². The summed E-state index contributed by atoms with van der Waals surface area (Å²) in [6.07, 6.45) is 1.41. The van der Waals surface area contributed by atoms with Crippen molar-refractivity contribution in [3.05, 3.63) is 65.7 Å². The van der Waals surface area contributed by atoms with Crippen LogP contribution in [0, 0.1) is 5.82 Å². The van der Waals surface area contributed by atoms with E-state index in [4.69, 9.17) is 0 Å². The molecule has 2 aromatic carbocycles. The largest absolute Gasteiger partial charge is 0.390 e. The number of hydrogen-bond donors (Lipinski definition) is 2. The third-order valence-corrected chi connectivity index (χ3v) is 4.11.